The van der Waals surface area contributed by atoms with Crippen molar-refractivity contribution in [3.05, 3.63) is 45.6 Å². The number of morpholine rings is 2. The minimum Gasteiger partial charge on any atom is -0.422 e. The standard InChI is InChI=1S/C21H28Cl2N6O4/c22-17-2-1-15(9-18(17)23)12-29-5-8-32-16(13-29)10-24-21(30)25-11-19-26-27-20(33-19)14-28-3-6-31-7-4-28/h1-2,9,16H,3-8,10-14H2,(H2,24,25,30)/t16-/m0/s1. The van der Waals surface area contributed by atoms with Gasteiger partial charge in [-0.2, -0.15) is 0 Å². The highest BCUT2D eigenvalue weighted by Crippen LogP contribution is 2.23. The first kappa shape index (κ1) is 24.2. The van der Waals surface area contributed by atoms with Gasteiger partial charge in [-0.25, -0.2) is 4.79 Å². The smallest absolute Gasteiger partial charge is 0.315 e. The molecule has 1 aromatic heterocycles. The molecular weight excluding hydrogens is 471 g/mol. The van der Waals surface area contributed by atoms with Crippen molar-refractivity contribution in [1.82, 2.24) is 30.6 Å². The van der Waals surface area contributed by atoms with E-state index in [1.807, 2.05) is 12.1 Å². The number of carbonyl (C=O) groups excluding carboxylic acids is 1. The lowest BCUT2D eigenvalue weighted by molar-refractivity contribution is -0.0287. The number of hydrogen-bond acceptors (Lipinski definition) is 8. The Labute approximate surface area is 202 Å². The van der Waals surface area contributed by atoms with E-state index in [0.29, 0.717) is 61.3 Å². The van der Waals surface area contributed by atoms with Crippen molar-refractivity contribution in [3.63, 3.8) is 0 Å². The quantitative estimate of drug-likeness (QED) is 0.568. The van der Waals surface area contributed by atoms with E-state index in [4.69, 9.17) is 37.1 Å². The first-order valence-electron chi connectivity index (χ1n) is 11.0. The van der Waals surface area contributed by atoms with Crippen LogP contribution in [0.3, 0.4) is 0 Å². The fourth-order valence-electron chi connectivity index (χ4n) is 3.74. The molecule has 0 bridgehead atoms. The molecule has 2 fully saturated rings. The third-order valence-corrected chi connectivity index (χ3v) is 6.21. The summed E-state index contributed by atoms with van der Waals surface area (Å²) in [6.45, 7) is 7.10. The molecule has 4 rings (SSSR count). The van der Waals surface area contributed by atoms with Crippen molar-refractivity contribution >= 4 is 29.2 Å². The van der Waals surface area contributed by atoms with E-state index in [1.54, 1.807) is 6.07 Å². The van der Waals surface area contributed by atoms with Gasteiger partial charge in [-0.05, 0) is 17.7 Å². The molecule has 2 aliphatic rings. The van der Waals surface area contributed by atoms with Gasteiger partial charge in [-0.1, -0.05) is 29.3 Å². The Morgan fingerprint density at radius 1 is 1.00 bits per heavy atom. The van der Waals surface area contributed by atoms with Crippen LogP contribution in [0.2, 0.25) is 10.0 Å². The van der Waals surface area contributed by atoms with Gasteiger partial charge in [0.2, 0.25) is 11.8 Å². The van der Waals surface area contributed by atoms with E-state index in [-0.39, 0.29) is 18.7 Å². The predicted octanol–water partition coefficient (Wildman–Crippen LogP) is 1.91. The zero-order valence-corrected chi connectivity index (χ0v) is 19.8. The number of hydrogen-bond donors (Lipinski definition) is 2. The molecule has 2 aliphatic heterocycles. The minimum atomic E-state index is -0.312. The predicted molar refractivity (Wildman–Crippen MR) is 122 cm³/mol. The lowest BCUT2D eigenvalue weighted by atomic mass is 10.2. The molecule has 0 saturated carbocycles. The van der Waals surface area contributed by atoms with Crippen molar-refractivity contribution in [2.75, 3.05) is 52.5 Å². The molecule has 2 N–H and O–H groups in total. The molecule has 0 spiro atoms. The summed E-state index contributed by atoms with van der Waals surface area (Å²) in [5.74, 6) is 0.905. The molecule has 10 nitrogen and oxygen atoms in total. The summed E-state index contributed by atoms with van der Waals surface area (Å²) in [4.78, 5) is 16.7. The summed E-state index contributed by atoms with van der Waals surface area (Å²) in [7, 11) is 0. The second-order valence-corrected chi connectivity index (χ2v) is 8.83. The van der Waals surface area contributed by atoms with Crippen molar-refractivity contribution in [3.8, 4) is 0 Å². The largest absolute Gasteiger partial charge is 0.422 e. The van der Waals surface area contributed by atoms with Crippen LogP contribution in [0, 0.1) is 0 Å². The summed E-state index contributed by atoms with van der Waals surface area (Å²) in [5, 5.41) is 14.7. The van der Waals surface area contributed by atoms with Crippen LogP contribution in [0.1, 0.15) is 17.3 Å². The van der Waals surface area contributed by atoms with E-state index < -0.39 is 0 Å². The maximum Gasteiger partial charge on any atom is 0.315 e. The molecule has 0 aliphatic carbocycles. The van der Waals surface area contributed by atoms with Gasteiger partial charge in [0, 0.05) is 39.3 Å². The molecule has 2 saturated heterocycles. The Bertz CT molecular complexity index is 924. The number of ether oxygens (including phenoxy) is 2. The maximum absolute atomic E-state index is 12.2. The van der Waals surface area contributed by atoms with Crippen LogP contribution in [0.25, 0.3) is 0 Å². The summed E-state index contributed by atoms with van der Waals surface area (Å²) in [5.41, 5.74) is 1.09. The van der Waals surface area contributed by atoms with Gasteiger partial charge in [-0.3, -0.25) is 9.80 Å². The first-order valence-corrected chi connectivity index (χ1v) is 11.7. The molecule has 2 aromatic rings. The highest BCUT2D eigenvalue weighted by atomic mass is 35.5. The average molecular weight is 499 g/mol. The van der Waals surface area contributed by atoms with Crippen molar-refractivity contribution < 1.29 is 18.7 Å². The fourth-order valence-corrected chi connectivity index (χ4v) is 4.06. The van der Waals surface area contributed by atoms with E-state index in [2.05, 4.69) is 30.6 Å². The topological polar surface area (TPSA) is 105 Å². The van der Waals surface area contributed by atoms with Crippen molar-refractivity contribution in [2.24, 2.45) is 0 Å². The lowest BCUT2D eigenvalue weighted by Gasteiger charge is -2.33. The van der Waals surface area contributed by atoms with Crippen LogP contribution in [0.4, 0.5) is 4.79 Å². The van der Waals surface area contributed by atoms with Crippen LogP contribution >= 0.6 is 23.2 Å². The minimum absolute atomic E-state index is 0.101. The van der Waals surface area contributed by atoms with Crippen LogP contribution in [-0.2, 0) is 29.1 Å². The van der Waals surface area contributed by atoms with Crippen molar-refractivity contribution in [1.29, 1.82) is 0 Å². The fraction of sp³-hybridized carbons (Fsp3) is 0.571. The molecule has 180 valence electrons. The Balaban J connectivity index is 1.15. The number of halogens is 2. The molecule has 0 unspecified atom stereocenters. The van der Waals surface area contributed by atoms with Crippen LogP contribution in [0.15, 0.2) is 22.6 Å². The normalized spacial score (nSPS) is 20.0. The van der Waals surface area contributed by atoms with Crippen LogP contribution in [0.5, 0.6) is 0 Å². The number of urea groups is 1. The number of amides is 2. The van der Waals surface area contributed by atoms with Crippen LogP contribution in [-0.4, -0.2) is 84.7 Å². The Morgan fingerprint density at radius 3 is 2.61 bits per heavy atom. The van der Waals surface area contributed by atoms with E-state index in [1.165, 1.54) is 0 Å². The molecule has 2 amide bonds. The van der Waals surface area contributed by atoms with Gasteiger partial charge in [0.1, 0.15) is 0 Å². The molecule has 1 atom stereocenters. The first-order chi connectivity index (χ1) is 16.0. The summed E-state index contributed by atoms with van der Waals surface area (Å²) >= 11 is 12.1. The van der Waals surface area contributed by atoms with E-state index >= 15 is 0 Å². The molecular formula is C21H28Cl2N6O4. The van der Waals surface area contributed by atoms with Crippen molar-refractivity contribution in [2.45, 2.75) is 25.7 Å². The van der Waals surface area contributed by atoms with Gasteiger partial charge in [0.15, 0.2) is 0 Å². The number of nitrogens with one attached hydrogen (secondary N) is 2. The number of carbonyl (C=O) groups is 1. The Morgan fingerprint density at radius 2 is 1.79 bits per heavy atom. The van der Waals surface area contributed by atoms with E-state index in [0.717, 1.165) is 31.7 Å². The maximum atomic E-state index is 12.2. The second-order valence-electron chi connectivity index (χ2n) is 8.02. The monoisotopic (exact) mass is 498 g/mol. The summed E-state index contributed by atoms with van der Waals surface area (Å²) < 4.78 is 16.7. The lowest BCUT2D eigenvalue weighted by Crippen LogP contribution is -2.48. The van der Waals surface area contributed by atoms with Gasteiger partial charge in [-0.15, -0.1) is 10.2 Å². The number of benzene rings is 1. The zero-order chi connectivity index (χ0) is 23.0. The SMILES string of the molecule is O=C(NCc1nnc(CN2CCOCC2)o1)NC[C@H]1CN(Cc2ccc(Cl)c(Cl)c2)CCO1. The third-order valence-electron chi connectivity index (χ3n) is 5.47. The second kappa shape index (κ2) is 12.0. The van der Waals surface area contributed by atoms with Gasteiger partial charge in [0.05, 0.1) is 49.1 Å². The summed E-state index contributed by atoms with van der Waals surface area (Å²) in [6, 6.07) is 5.34. The third kappa shape index (κ3) is 7.53. The Hall–Kier alpha value is -1.95. The molecule has 0 radical (unpaired) electrons. The number of rotatable bonds is 8. The Kier molecular flexibility index (Phi) is 8.76. The number of nitrogens with zero attached hydrogens (tertiary/aromatic N) is 4. The molecule has 12 heteroatoms. The van der Waals surface area contributed by atoms with Gasteiger partial charge >= 0.3 is 6.03 Å². The molecule has 3 heterocycles. The highest BCUT2D eigenvalue weighted by molar-refractivity contribution is 6.42. The highest BCUT2D eigenvalue weighted by Gasteiger charge is 2.21. The van der Waals surface area contributed by atoms with E-state index in [9.17, 15) is 4.79 Å². The van der Waals surface area contributed by atoms with Gasteiger partial charge in [0.25, 0.3) is 0 Å². The van der Waals surface area contributed by atoms with Crippen LogP contribution < -0.4 is 10.6 Å². The molecule has 33 heavy (non-hydrogen) atoms. The number of aromatic nitrogens is 2. The zero-order valence-electron chi connectivity index (χ0n) is 18.3. The summed E-state index contributed by atoms with van der Waals surface area (Å²) in [6.07, 6.45) is -0.101. The van der Waals surface area contributed by atoms with Gasteiger partial charge < -0.3 is 24.5 Å². The molecule has 1 aromatic carbocycles. The average Bonchev–Trinajstić information content (AvgIpc) is 3.27.